The summed E-state index contributed by atoms with van der Waals surface area (Å²) in [5.74, 6) is 0.703. The van der Waals surface area contributed by atoms with E-state index in [1.165, 1.54) is 5.56 Å². The second-order valence-corrected chi connectivity index (χ2v) is 6.39. The molecule has 1 aromatic carbocycles. The Bertz CT molecular complexity index is 471. The van der Waals surface area contributed by atoms with E-state index in [1.807, 2.05) is 6.07 Å². The van der Waals surface area contributed by atoms with E-state index >= 15 is 0 Å². The van der Waals surface area contributed by atoms with Crippen molar-refractivity contribution in [1.82, 2.24) is 10.6 Å². The Kier molecular flexibility index (Phi) is 5.46. The zero-order valence-corrected chi connectivity index (χ0v) is 13.1. The summed E-state index contributed by atoms with van der Waals surface area (Å²) in [6.07, 6.45) is 4.40. The SMILES string of the molecule is O=C(NCC1CCCOC1c1ccccc1)C1CCCNC1. The first kappa shape index (κ1) is 15.5. The fourth-order valence-corrected chi connectivity index (χ4v) is 3.52. The van der Waals surface area contributed by atoms with Crippen LogP contribution in [0.25, 0.3) is 0 Å². The quantitative estimate of drug-likeness (QED) is 0.897. The van der Waals surface area contributed by atoms with Crippen LogP contribution in [0.2, 0.25) is 0 Å². The van der Waals surface area contributed by atoms with Gasteiger partial charge < -0.3 is 15.4 Å². The molecule has 2 N–H and O–H groups in total. The fraction of sp³-hybridized carbons (Fsp3) is 0.611. The Morgan fingerprint density at radius 2 is 2.09 bits per heavy atom. The lowest BCUT2D eigenvalue weighted by Gasteiger charge is -2.33. The molecule has 4 heteroatoms. The molecule has 0 bridgehead atoms. The summed E-state index contributed by atoms with van der Waals surface area (Å²) < 4.78 is 5.99. The van der Waals surface area contributed by atoms with Crippen molar-refractivity contribution < 1.29 is 9.53 Å². The van der Waals surface area contributed by atoms with Crippen LogP contribution in [-0.2, 0) is 9.53 Å². The van der Waals surface area contributed by atoms with E-state index in [-0.39, 0.29) is 17.9 Å². The molecule has 2 fully saturated rings. The van der Waals surface area contributed by atoms with Crippen LogP contribution in [-0.4, -0.2) is 32.1 Å². The van der Waals surface area contributed by atoms with E-state index < -0.39 is 0 Å². The molecule has 2 saturated heterocycles. The van der Waals surface area contributed by atoms with Gasteiger partial charge in [0.05, 0.1) is 12.0 Å². The van der Waals surface area contributed by atoms with Crippen LogP contribution in [0.5, 0.6) is 0 Å². The van der Waals surface area contributed by atoms with E-state index in [1.54, 1.807) is 0 Å². The molecule has 0 aliphatic carbocycles. The number of amides is 1. The molecule has 0 aromatic heterocycles. The third-order valence-electron chi connectivity index (χ3n) is 4.78. The van der Waals surface area contributed by atoms with Crippen molar-refractivity contribution in [2.75, 3.05) is 26.2 Å². The molecular weight excluding hydrogens is 276 g/mol. The zero-order chi connectivity index (χ0) is 15.2. The highest BCUT2D eigenvalue weighted by Gasteiger charge is 2.29. The molecule has 3 atom stereocenters. The van der Waals surface area contributed by atoms with Gasteiger partial charge in [0.15, 0.2) is 0 Å². The van der Waals surface area contributed by atoms with E-state index in [0.29, 0.717) is 5.92 Å². The lowest BCUT2D eigenvalue weighted by atomic mass is 9.89. The van der Waals surface area contributed by atoms with Crippen LogP contribution in [0, 0.1) is 11.8 Å². The zero-order valence-electron chi connectivity index (χ0n) is 13.1. The predicted molar refractivity (Wildman–Crippen MR) is 86.5 cm³/mol. The van der Waals surface area contributed by atoms with Crippen molar-refractivity contribution in [2.45, 2.75) is 31.8 Å². The Hall–Kier alpha value is -1.39. The van der Waals surface area contributed by atoms with Crippen LogP contribution in [0.4, 0.5) is 0 Å². The maximum Gasteiger partial charge on any atom is 0.224 e. The highest BCUT2D eigenvalue weighted by Crippen LogP contribution is 2.33. The Labute approximate surface area is 132 Å². The van der Waals surface area contributed by atoms with Crippen LogP contribution in [0.3, 0.4) is 0 Å². The summed E-state index contributed by atoms with van der Waals surface area (Å²) in [6, 6.07) is 10.4. The Balaban J connectivity index is 1.56. The molecule has 2 heterocycles. The molecular formula is C18H26N2O2. The molecule has 22 heavy (non-hydrogen) atoms. The van der Waals surface area contributed by atoms with E-state index in [2.05, 4.69) is 34.9 Å². The minimum absolute atomic E-state index is 0.111. The smallest absolute Gasteiger partial charge is 0.224 e. The van der Waals surface area contributed by atoms with Crippen molar-refractivity contribution in [3.05, 3.63) is 35.9 Å². The maximum atomic E-state index is 12.3. The topological polar surface area (TPSA) is 50.4 Å². The van der Waals surface area contributed by atoms with Crippen molar-refractivity contribution in [3.8, 4) is 0 Å². The van der Waals surface area contributed by atoms with Crippen LogP contribution >= 0.6 is 0 Å². The molecule has 4 nitrogen and oxygen atoms in total. The van der Waals surface area contributed by atoms with Gasteiger partial charge in [-0.1, -0.05) is 30.3 Å². The average molecular weight is 302 g/mol. The third-order valence-corrected chi connectivity index (χ3v) is 4.78. The number of hydrogen-bond donors (Lipinski definition) is 2. The van der Waals surface area contributed by atoms with Gasteiger partial charge in [-0.15, -0.1) is 0 Å². The van der Waals surface area contributed by atoms with Gasteiger partial charge in [0.1, 0.15) is 0 Å². The van der Waals surface area contributed by atoms with Gasteiger partial charge in [0.25, 0.3) is 0 Å². The van der Waals surface area contributed by atoms with Gasteiger partial charge in [-0.3, -0.25) is 4.79 Å². The lowest BCUT2D eigenvalue weighted by Crippen LogP contribution is -2.43. The van der Waals surface area contributed by atoms with E-state index in [9.17, 15) is 4.79 Å². The van der Waals surface area contributed by atoms with Gasteiger partial charge in [-0.2, -0.15) is 0 Å². The summed E-state index contributed by atoms with van der Waals surface area (Å²) in [6.45, 7) is 3.39. The number of piperidine rings is 1. The summed E-state index contributed by atoms with van der Waals surface area (Å²) in [4.78, 5) is 12.3. The second-order valence-electron chi connectivity index (χ2n) is 6.39. The van der Waals surface area contributed by atoms with E-state index in [4.69, 9.17) is 4.74 Å². The molecule has 0 saturated carbocycles. The summed E-state index contributed by atoms with van der Waals surface area (Å²) >= 11 is 0. The molecule has 2 aliphatic heterocycles. The highest BCUT2D eigenvalue weighted by molar-refractivity contribution is 5.78. The Morgan fingerprint density at radius 3 is 2.86 bits per heavy atom. The van der Waals surface area contributed by atoms with E-state index in [0.717, 1.165) is 51.9 Å². The first-order chi connectivity index (χ1) is 10.8. The predicted octanol–water partition coefficient (Wildman–Crippen LogP) is 2.27. The molecule has 0 spiro atoms. The molecule has 2 aliphatic rings. The summed E-state index contributed by atoms with van der Waals surface area (Å²) in [7, 11) is 0. The van der Waals surface area contributed by atoms with Gasteiger partial charge in [0.2, 0.25) is 5.91 Å². The summed E-state index contributed by atoms with van der Waals surface area (Å²) in [5, 5.41) is 6.47. The second kappa shape index (κ2) is 7.75. The molecule has 0 radical (unpaired) electrons. The number of hydrogen-bond acceptors (Lipinski definition) is 3. The number of ether oxygens (including phenoxy) is 1. The maximum absolute atomic E-state index is 12.3. The van der Waals surface area contributed by atoms with Crippen molar-refractivity contribution in [2.24, 2.45) is 11.8 Å². The number of benzene rings is 1. The molecule has 120 valence electrons. The van der Waals surface area contributed by atoms with Gasteiger partial charge >= 0.3 is 0 Å². The lowest BCUT2D eigenvalue weighted by molar-refractivity contribution is -0.126. The number of rotatable bonds is 4. The van der Waals surface area contributed by atoms with Crippen molar-refractivity contribution >= 4 is 5.91 Å². The van der Waals surface area contributed by atoms with Crippen LogP contribution in [0.1, 0.15) is 37.4 Å². The van der Waals surface area contributed by atoms with Crippen LogP contribution in [0.15, 0.2) is 30.3 Å². The normalized spacial score (nSPS) is 29.0. The first-order valence-electron chi connectivity index (χ1n) is 8.49. The number of carbonyl (C=O) groups excluding carboxylic acids is 1. The minimum Gasteiger partial charge on any atom is -0.373 e. The third kappa shape index (κ3) is 3.87. The van der Waals surface area contributed by atoms with Crippen LogP contribution < -0.4 is 10.6 Å². The monoisotopic (exact) mass is 302 g/mol. The largest absolute Gasteiger partial charge is 0.373 e. The van der Waals surface area contributed by atoms with Gasteiger partial charge in [-0.05, 0) is 37.8 Å². The minimum atomic E-state index is 0.111. The number of carbonyl (C=O) groups is 1. The van der Waals surface area contributed by atoms with Gasteiger partial charge in [-0.25, -0.2) is 0 Å². The number of nitrogens with one attached hydrogen (secondary N) is 2. The molecule has 1 aromatic rings. The average Bonchev–Trinajstić information content (AvgIpc) is 2.61. The molecule has 3 unspecified atom stereocenters. The standard InChI is InChI=1S/C18H26N2O2/c21-18(16-8-4-10-19-12-16)20-13-15-9-5-11-22-17(15)14-6-2-1-3-7-14/h1-3,6-7,15-17,19H,4-5,8-13H2,(H,20,21). The summed E-state index contributed by atoms with van der Waals surface area (Å²) in [5.41, 5.74) is 1.22. The Morgan fingerprint density at radius 1 is 1.23 bits per heavy atom. The fourth-order valence-electron chi connectivity index (χ4n) is 3.52. The highest BCUT2D eigenvalue weighted by atomic mass is 16.5. The van der Waals surface area contributed by atoms with Crippen molar-refractivity contribution in [1.29, 1.82) is 0 Å². The molecule has 1 amide bonds. The van der Waals surface area contributed by atoms with Crippen molar-refractivity contribution in [3.63, 3.8) is 0 Å². The molecule has 3 rings (SSSR count). The first-order valence-corrected chi connectivity index (χ1v) is 8.49. The van der Waals surface area contributed by atoms with Gasteiger partial charge in [0, 0.05) is 25.6 Å².